The predicted octanol–water partition coefficient (Wildman–Crippen LogP) is 2.96. The number of carbonyl (C=O) groups is 2. The maximum atomic E-state index is 13.6. The van der Waals surface area contributed by atoms with Gasteiger partial charge in [0.05, 0.1) is 25.8 Å². The normalized spacial score (nSPS) is 10.1. The van der Waals surface area contributed by atoms with E-state index >= 15 is 0 Å². The number of halogens is 1. The number of esters is 1. The number of anilines is 1. The van der Waals surface area contributed by atoms with E-state index in [0.717, 1.165) is 0 Å². The first-order valence-electron chi connectivity index (χ1n) is 8.03. The molecule has 6 nitrogen and oxygen atoms in total. The van der Waals surface area contributed by atoms with Crippen molar-refractivity contribution >= 4 is 17.6 Å². The standard InChI is InChI=1S/C19H20FNO5/c1-3-25-17-7-5-4-6-15(17)21-18(22)12-26-19(23)11-13-8-9-16(24-2)14(20)10-13/h4-10H,3,11-12H2,1-2H3,(H,21,22). The lowest BCUT2D eigenvalue weighted by Crippen LogP contribution is -2.22. The molecule has 0 aliphatic carbocycles. The highest BCUT2D eigenvalue weighted by Crippen LogP contribution is 2.23. The molecule has 0 atom stereocenters. The summed E-state index contributed by atoms with van der Waals surface area (Å²) in [7, 11) is 1.36. The molecule has 0 aromatic heterocycles. The average Bonchev–Trinajstić information content (AvgIpc) is 2.62. The lowest BCUT2D eigenvalue weighted by molar-refractivity contribution is -0.146. The Bertz CT molecular complexity index is 778. The maximum Gasteiger partial charge on any atom is 0.310 e. The molecule has 0 saturated carbocycles. The van der Waals surface area contributed by atoms with Gasteiger partial charge in [0, 0.05) is 0 Å². The van der Waals surface area contributed by atoms with E-state index in [0.29, 0.717) is 23.6 Å². The summed E-state index contributed by atoms with van der Waals surface area (Å²) < 4.78 is 28.8. The van der Waals surface area contributed by atoms with Crippen LogP contribution in [-0.4, -0.2) is 32.2 Å². The van der Waals surface area contributed by atoms with Gasteiger partial charge in [-0.05, 0) is 36.8 Å². The van der Waals surface area contributed by atoms with Crippen LogP contribution < -0.4 is 14.8 Å². The number of para-hydroxylation sites is 2. The van der Waals surface area contributed by atoms with E-state index in [1.54, 1.807) is 30.3 Å². The van der Waals surface area contributed by atoms with Crippen LogP contribution in [-0.2, 0) is 20.7 Å². The molecule has 0 fully saturated rings. The molecule has 7 heteroatoms. The van der Waals surface area contributed by atoms with Gasteiger partial charge in [0.25, 0.3) is 5.91 Å². The molecule has 2 aromatic carbocycles. The summed E-state index contributed by atoms with van der Waals surface area (Å²) in [6.07, 6.45) is -0.149. The van der Waals surface area contributed by atoms with Crippen LogP contribution in [0.5, 0.6) is 11.5 Å². The fourth-order valence-electron chi connectivity index (χ4n) is 2.22. The molecule has 1 N–H and O–H groups in total. The number of hydrogen-bond donors (Lipinski definition) is 1. The van der Waals surface area contributed by atoms with Crippen LogP contribution in [0.15, 0.2) is 42.5 Å². The minimum absolute atomic E-state index is 0.0921. The third-order valence-electron chi connectivity index (χ3n) is 3.39. The molecule has 0 saturated heterocycles. The summed E-state index contributed by atoms with van der Waals surface area (Å²) in [5.41, 5.74) is 0.919. The third-order valence-corrected chi connectivity index (χ3v) is 3.39. The molecule has 0 spiro atoms. The van der Waals surface area contributed by atoms with Crippen molar-refractivity contribution in [1.29, 1.82) is 0 Å². The second-order valence-electron chi connectivity index (χ2n) is 5.28. The fourth-order valence-corrected chi connectivity index (χ4v) is 2.22. The summed E-state index contributed by atoms with van der Waals surface area (Å²) in [6.45, 7) is 1.85. The fraction of sp³-hybridized carbons (Fsp3) is 0.263. The van der Waals surface area contributed by atoms with E-state index in [1.165, 1.54) is 19.2 Å². The van der Waals surface area contributed by atoms with Crippen molar-refractivity contribution in [3.8, 4) is 11.5 Å². The Morgan fingerprint density at radius 1 is 1.12 bits per heavy atom. The van der Waals surface area contributed by atoms with Crippen LogP contribution in [0, 0.1) is 5.82 Å². The van der Waals surface area contributed by atoms with Gasteiger partial charge in [-0.25, -0.2) is 4.39 Å². The van der Waals surface area contributed by atoms with Crippen LogP contribution in [0.4, 0.5) is 10.1 Å². The SMILES string of the molecule is CCOc1ccccc1NC(=O)COC(=O)Cc1ccc(OC)c(F)c1. The summed E-state index contributed by atoms with van der Waals surface area (Å²) in [5.74, 6) is -1.07. The van der Waals surface area contributed by atoms with E-state index in [2.05, 4.69) is 5.32 Å². The zero-order valence-electron chi connectivity index (χ0n) is 14.6. The van der Waals surface area contributed by atoms with Crippen LogP contribution in [0.1, 0.15) is 12.5 Å². The molecule has 0 unspecified atom stereocenters. The number of methoxy groups -OCH3 is 1. The molecule has 0 heterocycles. The van der Waals surface area contributed by atoms with Crippen molar-refractivity contribution in [3.63, 3.8) is 0 Å². The summed E-state index contributed by atoms with van der Waals surface area (Å²) in [4.78, 5) is 23.8. The molecule has 26 heavy (non-hydrogen) atoms. The Balaban J connectivity index is 1.85. The molecular weight excluding hydrogens is 341 g/mol. The Morgan fingerprint density at radius 3 is 2.58 bits per heavy atom. The summed E-state index contributed by atoms with van der Waals surface area (Å²) in [5, 5.41) is 2.62. The van der Waals surface area contributed by atoms with E-state index in [1.807, 2.05) is 6.92 Å². The van der Waals surface area contributed by atoms with Gasteiger partial charge < -0.3 is 19.5 Å². The monoisotopic (exact) mass is 361 g/mol. The van der Waals surface area contributed by atoms with Gasteiger partial charge in [0.2, 0.25) is 0 Å². The third kappa shape index (κ3) is 5.47. The molecule has 0 radical (unpaired) electrons. The zero-order chi connectivity index (χ0) is 18.9. The van der Waals surface area contributed by atoms with Crippen LogP contribution in [0.2, 0.25) is 0 Å². The largest absolute Gasteiger partial charge is 0.494 e. The molecule has 0 aliphatic heterocycles. The molecule has 1 amide bonds. The molecule has 2 aromatic rings. The molecular formula is C19H20FNO5. The highest BCUT2D eigenvalue weighted by Gasteiger charge is 2.12. The lowest BCUT2D eigenvalue weighted by Gasteiger charge is -2.11. The molecule has 138 valence electrons. The van der Waals surface area contributed by atoms with Crippen LogP contribution in [0.3, 0.4) is 0 Å². The van der Waals surface area contributed by atoms with Crippen molar-refractivity contribution in [1.82, 2.24) is 0 Å². The minimum atomic E-state index is -0.636. The second-order valence-corrected chi connectivity index (χ2v) is 5.28. The Labute approximate surface area is 150 Å². The average molecular weight is 361 g/mol. The molecule has 0 bridgehead atoms. The van der Waals surface area contributed by atoms with Crippen molar-refractivity contribution in [2.45, 2.75) is 13.3 Å². The van der Waals surface area contributed by atoms with Crippen LogP contribution in [0.25, 0.3) is 0 Å². The number of rotatable bonds is 8. The minimum Gasteiger partial charge on any atom is -0.494 e. The summed E-state index contributed by atoms with van der Waals surface area (Å²) in [6, 6.07) is 11.1. The van der Waals surface area contributed by atoms with Crippen molar-refractivity contribution < 1.29 is 28.2 Å². The number of carbonyl (C=O) groups excluding carboxylic acids is 2. The summed E-state index contributed by atoms with van der Waals surface area (Å²) >= 11 is 0. The highest BCUT2D eigenvalue weighted by atomic mass is 19.1. The first-order chi connectivity index (χ1) is 12.5. The van der Waals surface area contributed by atoms with E-state index in [-0.39, 0.29) is 12.2 Å². The van der Waals surface area contributed by atoms with Gasteiger partial charge in [-0.3, -0.25) is 9.59 Å². The Kier molecular flexibility index (Phi) is 6.96. The first-order valence-corrected chi connectivity index (χ1v) is 8.03. The van der Waals surface area contributed by atoms with Crippen molar-refractivity contribution in [2.75, 3.05) is 25.6 Å². The number of hydrogen-bond acceptors (Lipinski definition) is 5. The first kappa shape index (κ1) is 19.2. The highest BCUT2D eigenvalue weighted by molar-refractivity contribution is 5.94. The number of amides is 1. The van der Waals surface area contributed by atoms with E-state index in [4.69, 9.17) is 14.2 Å². The lowest BCUT2D eigenvalue weighted by atomic mass is 10.1. The Hall–Kier alpha value is -3.09. The number of benzene rings is 2. The van der Waals surface area contributed by atoms with E-state index < -0.39 is 24.3 Å². The number of ether oxygens (including phenoxy) is 3. The van der Waals surface area contributed by atoms with Gasteiger partial charge in [-0.15, -0.1) is 0 Å². The van der Waals surface area contributed by atoms with Gasteiger partial charge in [0.15, 0.2) is 18.2 Å². The van der Waals surface area contributed by atoms with Crippen LogP contribution >= 0.6 is 0 Å². The maximum absolute atomic E-state index is 13.6. The topological polar surface area (TPSA) is 73.9 Å². The zero-order valence-corrected chi connectivity index (χ0v) is 14.6. The smallest absolute Gasteiger partial charge is 0.310 e. The van der Waals surface area contributed by atoms with Crippen molar-refractivity contribution in [2.24, 2.45) is 0 Å². The van der Waals surface area contributed by atoms with Gasteiger partial charge in [-0.1, -0.05) is 18.2 Å². The Morgan fingerprint density at radius 2 is 1.88 bits per heavy atom. The second kappa shape index (κ2) is 9.41. The number of nitrogens with one attached hydrogen (secondary N) is 1. The predicted molar refractivity (Wildman–Crippen MR) is 93.9 cm³/mol. The van der Waals surface area contributed by atoms with Gasteiger partial charge in [-0.2, -0.15) is 0 Å². The van der Waals surface area contributed by atoms with Crippen molar-refractivity contribution in [3.05, 3.63) is 53.8 Å². The quantitative estimate of drug-likeness (QED) is 0.732. The van der Waals surface area contributed by atoms with Gasteiger partial charge in [0.1, 0.15) is 5.75 Å². The molecule has 2 rings (SSSR count). The van der Waals surface area contributed by atoms with Gasteiger partial charge >= 0.3 is 5.97 Å². The molecule has 0 aliphatic rings. The van der Waals surface area contributed by atoms with E-state index in [9.17, 15) is 14.0 Å².